The average molecular weight is 182 g/mol. The lowest BCUT2D eigenvalue weighted by atomic mass is 10.2. The molecule has 0 radical (unpaired) electrons. The van der Waals surface area contributed by atoms with Crippen molar-refractivity contribution in [3.05, 3.63) is 23.1 Å². The summed E-state index contributed by atoms with van der Waals surface area (Å²) in [6.07, 6.45) is 9.42. The van der Waals surface area contributed by atoms with Crippen LogP contribution in [0.3, 0.4) is 0 Å². The maximum atomic E-state index is 10.6. The van der Waals surface area contributed by atoms with E-state index in [2.05, 4.69) is 18.2 Å². The Bertz CT molecular complexity index is 216. The molecule has 0 unspecified atom stereocenters. The first-order chi connectivity index (χ1) is 5.79. The number of hydrogen-bond acceptors (Lipinski definition) is 2. The molecular weight excluding hydrogens is 168 g/mol. The predicted molar refractivity (Wildman–Crippen MR) is 54.2 cm³/mol. The van der Waals surface area contributed by atoms with E-state index in [9.17, 15) is 4.79 Å². The number of thioether (sulfide) groups is 1. The minimum absolute atomic E-state index is 0.287. The lowest BCUT2D eigenvalue weighted by Gasteiger charge is -2.06. The van der Waals surface area contributed by atoms with Gasteiger partial charge in [0.05, 0.1) is 0 Å². The van der Waals surface area contributed by atoms with E-state index in [4.69, 9.17) is 0 Å². The molecule has 0 fully saturated rings. The monoisotopic (exact) mass is 182 g/mol. The highest BCUT2D eigenvalue weighted by atomic mass is 32.2. The zero-order valence-corrected chi connectivity index (χ0v) is 8.19. The van der Waals surface area contributed by atoms with Crippen molar-refractivity contribution in [3.8, 4) is 0 Å². The molecule has 66 valence electrons. The minimum Gasteiger partial charge on any atom is -0.300 e. The summed E-state index contributed by atoms with van der Waals surface area (Å²) < 4.78 is 0. The summed E-state index contributed by atoms with van der Waals surface area (Å²) in [7, 11) is 0. The molecular formula is C10H14OS. The van der Waals surface area contributed by atoms with E-state index in [0.29, 0.717) is 6.42 Å². The van der Waals surface area contributed by atoms with E-state index in [-0.39, 0.29) is 5.78 Å². The summed E-state index contributed by atoms with van der Waals surface area (Å²) in [6.45, 7) is 1.65. The molecule has 1 nitrogen and oxygen atoms in total. The van der Waals surface area contributed by atoms with Gasteiger partial charge in [0.1, 0.15) is 5.78 Å². The van der Waals surface area contributed by atoms with Crippen LogP contribution in [0.15, 0.2) is 23.1 Å². The normalized spacial score (nSPS) is 15.9. The van der Waals surface area contributed by atoms with Gasteiger partial charge in [-0.1, -0.05) is 18.2 Å². The molecule has 0 saturated carbocycles. The molecule has 1 aliphatic rings. The molecule has 0 heterocycles. The maximum Gasteiger partial charge on any atom is 0.130 e. The second-order valence-corrected chi connectivity index (χ2v) is 4.12. The van der Waals surface area contributed by atoms with Crippen LogP contribution in [-0.2, 0) is 4.79 Å². The molecule has 2 heteroatoms. The van der Waals surface area contributed by atoms with Crippen molar-refractivity contribution < 1.29 is 4.79 Å². The maximum absolute atomic E-state index is 10.6. The average Bonchev–Trinajstić information content (AvgIpc) is 2.05. The highest BCUT2D eigenvalue weighted by molar-refractivity contribution is 8.03. The van der Waals surface area contributed by atoms with Crippen LogP contribution in [0.25, 0.3) is 0 Å². The molecule has 0 aromatic carbocycles. The van der Waals surface area contributed by atoms with Crippen LogP contribution in [0.2, 0.25) is 0 Å². The van der Waals surface area contributed by atoms with Gasteiger partial charge in [-0.25, -0.2) is 0 Å². The van der Waals surface area contributed by atoms with Crippen molar-refractivity contribution in [2.45, 2.75) is 26.2 Å². The number of hydrogen-bond donors (Lipinski definition) is 0. The van der Waals surface area contributed by atoms with Gasteiger partial charge < -0.3 is 0 Å². The molecule has 0 aliphatic heterocycles. The fraction of sp³-hybridized carbons (Fsp3) is 0.500. The fourth-order valence-corrected chi connectivity index (χ4v) is 2.12. The Morgan fingerprint density at radius 3 is 3.08 bits per heavy atom. The molecule has 0 saturated heterocycles. The Hall–Kier alpha value is -0.500. The van der Waals surface area contributed by atoms with E-state index < -0.39 is 0 Å². The lowest BCUT2D eigenvalue weighted by Crippen LogP contribution is -1.92. The lowest BCUT2D eigenvalue weighted by molar-refractivity contribution is -0.116. The van der Waals surface area contributed by atoms with Gasteiger partial charge in [0.25, 0.3) is 0 Å². The molecule has 12 heavy (non-hydrogen) atoms. The molecule has 0 atom stereocenters. The Balaban J connectivity index is 2.18. The van der Waals surface area contributed by atoms with E-state index in [0.717, 1.165) is 18.6 Å². The van der Waals surface area contributed by atoms with E-state index in [1.807, 2.05) is 11.8 Å². The number of carbonyl (C=O) groups is 1. The summed E-state index contributed by atoms with van der Waals surface area (Å²) in [5.41, 5.74) is 0. The summed E-state index contributed by atoms with van der Waals surface area (Å²) in [4.78, 5) is 12.1. The Labute approximate surface area is 77.9 Å². The van der Waals surface area contributed by atoms with Crippen molar-refractivity contribution in [3.63, 3.8) is 0 Å². The molecule has 0 N–H and O–H groups in total. The molecule has 1 aliphatic carbocycles. The first kappa shape index (κ1) is 9.59. The summed E-state index contributed by atoms with van der Waals surface area (Å²) in [6, 6.07) is 0. The van der Waals surface area contributed by atoms with E-state index in [1.54, 1.807) is 6.92 Å². The standard InChI is InChI=1S/C10H14OS/c1-9(11)7-8-12-10-5-3-2-4-6-10/h2-3,5H,4,6-8H2,1H3. The van der Waals surface area contributed by atoms with Crippen LogP contribution in [0.4, 0.5) is 0 Å². The van der Waals surface area contributed by atoms with Crippen molar-refractivity contribution in [2.24, 2.45) is 0 Å². The summed E-state index contributed by atoms with van der Waals surface area (Å²) in [5, 5.41) is 0. The highest BCUT2D eigenvalue weighted by Crippen LogP contribution is 2.24. The number of allylic oxidation sites excluding steroid dienone is 4. The van der Waals surface area contributed by atoms with Crippen molar-refractivity contribution >= 4 is 17.5 Å². The third-order valence-corrected chi connectivity index (χ3v) is 2.84. The number of ketones is 1. The van der Waals surface area contributed by atoms with Crippen LogP contribution in [0.5, 0.6) is 0 Å². The number of Topliss-reactive ketones (excluding diaryl/α,β-unsaturated/α-hetero) is 1. The zero-order valence-electron chi connectivity index (χ0n) is 7.38. The van der Waals surface area contributed by atoms with Gasteiger partial charge in [0, 0.05) is 12.2 Å². The summed E-state index contributed by atoms with van der Waals surface area (Å²) >= 11 is 1.81. The number of carbonyl (C=O) groups excluding carboxylic acids is 1. The van der Waals surface area contributed by atoms with Crippen LogP contribution >= 0.6 is 11.8 Å². The van der Waals surface area contributed by atoms with Gasteiger partial charge in [-0.3, -0.25) is 4.79 Å². The Morgan fingerprint density at radius 1 is 1.67 bits per heavy atom. The Morgan fingerprint density at radius 2 is 2.50 bits per heavy atom. The summed E-state index contributed by atoms with van der Waals surface area (Å²) in [5.74, 6) is 1.23. The third-order valence-electron chi connectivity index (χ3n) is 1.72. The zero-order chi connectivity index (χ0) is 8.81. The fourth-order valence-electron chi connectivity index (χ4n) is 1.03. The van der Waals surface area contributed by atoms with Crippen molar-refractivity contribution in [1.29, 1.82) is 0 Å². The second-order valence-electron chi connectivity index (χ2n) is 2.90. The van der Waals surface area contributed by atoms with Crippen molar-refractivity contribution in [2.75, 3.05) is 5.75 Å². The third kappa shape index (κ3) is 3.77. The first-order valence-corrected chi connectivity index (χ1v) is 5.25. The SMILES string of the molecule is CC(=O)CCSC1=CC=CCC1. The first-order valence-electron chi connectivity index (χ1n) is 4.27. The van der Waals surface area contributed by atoms with Crippen LogP contribution in [-0.4, -0.2) is 11.5 Å². The quantitative estimate of drug-likeness (QED) is 0.665. The topological polar surface area (TPSA) is 17.1 Å². The minimum atomic E-state index is 0.287. The molecule has 0 bridgehead atoms. The molecule has 1 rings (SSSR count). The van der Waals surface area contributed by atoms with Gasteiger partial charge >= 0.3 is 0 Å². The van der Waals surface area contributed by atoms with Gasteiger partial charge in [-0.05, 0) is 24.7 Å². The van der Waals surface area contributed by atoms with Crippen LogP contribution < -0.4 is 0 Å². The molecule has 0 aromatic rings. The van der Waals surface area contributed by atoms with E-state index in [1.165, 1.54) is 4.91 Å². The highest BCUT2D eigenvalue weighted by Gasteiger charge is 2.00. The predicted octanol–water partition coefficient (Wildman–Crippen LogP) is 2.93. The number of rotatable bonds is 4. The molecule has 0 amide bonds. The van der Waals surface area contributed by atoms with E-state index >= 15 is 0 Å². The van der Waals surface area contributed by atoms with Gasteiger partial charge in [0.2, 0.25) is 0 Å². The smallest absolute Gasteiger partial charge is 0.130 e. The van der Waals surface area contributed by atoms with Gasteiger partial charge in [-0.15, -0.1) is 11.8 Å². The molecule has 0 spiro atoms. The van der Waals surface area contributed by atoms with Crippen LogP contribution in [0, 0.1) is 0 Å². The van der Waals surface area contributed by atoms with Gasteiger partial charge in [-0.2, -0.15) is 0 Å². The molecule has 0 aromatic heterocycles. The second kappa shape index (κ2) is 5.20. The van der Waals surface area contributed by atoms with Gasteiger partial charge in [0.15, 0.2) is 0 Å². The Kier molecular flexibility index (Phi) is 4.15. The largest absolute Gasteiger partial charge is 0.300 e. The van der Waals surface area contributed by atoms with Crippen molar-refractivity contribution in [1.82, 2.24) is 0 Å². The van der Waals surface area contributed by atoms with Crippen LogP contribution in [0.1, 0.15) is 26.2 Å².